The van der Waals surface area contributed by atoms with Gasteiger partial charge in [0.1, 0.15) is 0 Å². The van der Waals surface area contributed by atoms with Gasteiger partial charge in [-0.3, -0.25) is 0 Å². The lowest BCUT2D eigenvalue weighted by Gasteiger charge is -2.14. The molecule has 0 atom stereocenters. The van der Waals surface area contributed by atoms with E-state index in [0.717, 1.165) is 41.7 Å². The van der Waals surface area contributed by atoms with Crippen LogP contribution in [-0.2, 0) is 17.9 Å². The number of nitrogens with one attached hydrogen (secondary N) is 2. The Labute approximate surface area is 166 Å². The number of hydrogen-bond acceptors (Lipinski definition) is 4. The first-order chi connectivity index (χ1) is 13.8. The normalized spacial score (nSPS) is 13.7. The quantitative estimate of drug-likeness (QED) is 0.560. The second-order valence-electron chi connectivity index (χ2n) is 6.44. The van der Waals surface area contributed by atoms with Gasteiger partial charge in [0.2, 0.25) is 0 Å². The number of benzene rings is 2. The van der Waals surface area contributed by atoms with Crippen LogP contribution in [0.15, 0.2) is 47.5 Å². The van der Waals surface area contributed by atoms with E-state index >= 15 is 0 Å². The number of fused-ring (bicyclic) bond motifs is 1. The summed E-state index contributed by atoms with van der Waals surface area (Å²) in [7, 11) is 0. The van der Waals surface area contributed by atoms with Gasteiger partial charge in [-0.15, -0.1) is 0 Å². The van der Waals surface area contributed by atoms with Gasteiger partial charge in [-0.25, -0.2) is 4.99 Å². The molecule has 0 aliphatic carbocycles. The number of aliphatic imine (C=N–C) groups is 1. The van der Waals surface area contributed by atoms with Crippen LogP contribution in [0.1, 0.15) is 31.4 Å². The summed E-state index contributed by atoms with van der Waals surface area (Å²) in [5.74, 6) is 2.28. The molecule has 1 heterocycles. The minimum atomic E-state index is 0.573. The zero-order chi connectivity index (χ0) is 19.6. The summed E-state index contributed by atoms with van der Waals surface area (Å²) in [5.41, 5.74) is 3.23. The van der Waals surface area contributed by atoms with Gasteiger partial charge in [0.15, 0.2) is 17.5 Å². The number of rotatable bonds is 7. The van der Waals surface area contributed by atoms with E-state index in [4.69, 9.17) is 19.2 Å². The predicted octanol–water partition coefficient (Wildman–Crippen LogP) is 3.96. The Balaban J connectivity index is 1.72. The van der Waals surface area contributed by atoms with E-state index in [1.54, 1.807) is 0 Å². The van der Waals surface area contributed by atoms with Crippen molar-refractivity contribution in [2.24, 2.45) is 4.99 Å². The first-order valence-corrected chi connectivity index (χ1v) is 9.89. The third kappa shape index (κ3) is 5.63. The number of guanidine groups is 1. The maximum Gasteiger partial charge on any atom is 0.196 e. The Morgan fingerprint density at radius 3 is 2.61 bits per heavy atom. The molecule has 6 heteroatoms. The third-order valence-electron chi connectivity index (χ3n) is 4.34. The van der Waals surface area contributed by atoms with E-state index in [9.17, 15) is 0 Å². The topological polar surface area (TPSA) is 64.1 Å². The molecule has 3 rings (SSSR count). The highest BCUT2D eigenvalue weighted by Gasteiger charge is 2.11. The molecule has 1 aliphatic rings. The van der Waals surface area contributed by atoms with Crippen molar-refractivity contribution in [3.05, 3.63) is 53.6 Å². The first-order valence-electron chi connectivity index (χ1n) is 9.89. The van der Waals surface area contributed by atoms with E-state index in [-0.39, 0.29) is 0 Å². The fourth-order valence-corrected chi connectivity index (χ4v) is 2.91. The molecule has 2 aromatic carbocycles. The van der Waals surface area contributed by atoms with E-state index in [2.05, 4.69) is 22.8 Å². The summed E-state index contributed by atoms with van der Waals surface area (Å²) in [6.07, 6.45) is 0.892. The second-order valence-corrected chi connectivity index (χ2v) is 6.44. The van der Waals surface area contributed by atoms with Gasteiger partial charge in [-0.05, 0) is 37.1 Å². The molecule has 0 amide bonds. The van der Waals surface area contributed by atoms with E-state index in [1.807, 2.05) is 44.2 Å². The van der Waals surface area contributed by atoms with Crippen LogP contribution in [0.3, 0.4) is 0 Å². The number of hydrogen-bond donors (Lipinski definition) is 2. The Hall–Kier alpha value is -2.73. The number of anilines is 1. The maximum atomic E-state index is 5.77. The van der Waals surface area contributed by atoms with Crippen LogP contribution in [0, 0.1) is 0 Å². The lowest BCUT2D eigenvalue weighted by atomic mass is 10.1. The Morgan fingerprint density at radius 1 is 1.04 bits per heavy atom. The monoisotopic (exact) mass is 383 g/mol. The molecule has 2 aromatic rings. The van der Waals surface area contributed by atoms with Crippen molar-refractivity contribution in [1.82, 2.24) is 5.32 Å². The van der Waals surface area contributed by atoms with Crippen molar-refractivity contribution in [1.29, 1.82) is 0 Å². The molecular weight excluding hydrogens is 354 g/mol. The SMILES string of the molecule is CCNC(=NCc1ccccc1COCC)Nc1ccc2c(c1)OCCCO2. The summed E-state index contributed by atoms with van der Waals surface area (Å²) in [4.78, 5) is 4.75. The Morgan fingerprint density at radius 2 is 1.82 bits per heavy atom. The molecule has 1 aliphatic heterocycles. The van der Waals surface area contributed by atoms with Gasteiger partial charge in [0.05, 0.1) is 26.4 Å². The molecule has 0 spiro atoms. The zero-order valence-electron chi connectivity index (χ0n) is 16.7. The molecular formula is C22H29N3O3. The van der Waals surface area contributed by atoms with Gasteiger partial charge in [0, 0.05) is 31.3 Å². The molecule has 0 fully saturated rings. The summed E-state index contributed by atoms with van der Waals surface area (Å²) < 4.78 is 17.0. The molecule has 0 unspecified atom stereocenters. The van der Waals surface area contributed by atoms with Crippen LogP contribution in [0.4, 0.5) is 5.69 Å². The fourth-order valence-electron chi connectivity index (χ4n) is 2.91. The molecule has 150 valence electrons. The maximum absolute atomic E-state index is 5.77. The van der Waals surface area contributed by atoms with Crippen molar-refractivity contribution < 1.29 is 14.2 Å². The van der Waals surface area contributed by atoms with Crippen LogP contribution >= 0.6 is 0 Å². The molecule has 0 saturated heterocycles. The smallest absolute Gasteiger partial charge is 0.196 e. The van der Waals surface area contributed by atoms with Crippen molar-refractivity contribution in [3.63, 3.8) is 0 Å². The van der Waals surface area contributed by atoms with Crippen molar-refractivity contribution >= 4 is 11.6 Å². The van der Waals surface area contributed by atoms with Crippen LogP contribution < -0.4 is 20.1 Å². The van der Waals surface area contributed by atoms with Crippen LogP contribution in [-0.4, -0.2) is 32.3 Å². The van der Waals surface area contributed by atoms with Gasteiger partial charge in [-0.1, -0.05) is 24.3 Å². The predicted molar refractivity (Wildman–Crippen MR) is 112 cm³/mol. The number of nitrogens with zero attached hydrogens (tertiary/aromatic N) is 1. The summed E-state index contributed by atoms with van der Waals surface area (Å²) in [6, 6.07) is 14.1. The lowest BCUT2D eigenvalue weighted by molar-refractivity contribution is 0.133. The second kappa shape index (κ2) is 10.6. The average Bonchev–Trinajstić information content (AvgIpc) is 2.96. The van der Waals surface area contributed by atoms with Gasteiger partial charge in [0.25, 0.3) is 0 Å². The highest BCUT2D eigenvalue weighted by molar-refractivity contribution is 5.93. The van der Waals surface area contributed by atoms with Crippen LogP contribution in [0.2, 0.25) is 0 Å². The van der Waals surface area contributed by atoms with Crippen molar-refractivity contribution in [3.8, 4) is 11.5 Å². The third-order valence-corrected chi connectivity index (χ3v) is 4.34. The summed E-state index contributed by atoms with van der Waals surface area (Å²) >= 11 is 0. The van der Waals surface area contributed by atoms with Crippen molar-refractivity contribution in [2.45, 2.75) is 33.4 Å². The molecule has 0 bridgehead atoms. The van der Waals surface area contributed by atoms with Crippen LogP contribution in [0.25, 0.3) is 0 Å². The molecule has 2 N–H and O–H groups in total. The van der Waals surface area contributed by atoms with Gasteiger partial charge < -0.3 is 24.8 Å². The number of ether oxygens (including phenoxy) is 3. The van der Waals surface area contributed by atoms with E-state index in [0.29, 0.717) is 33.0 Å². The molecule has 28 heavy (non-hydrogen) atoms. The zero-order valence-corrected chi connectivity index (χ0v) is 16.7. The average molecular weight is 383 g/mol. The first kappa shape index (κ1) is 20.0. The summed E-state index contributed by atoms with van der Waals surface area (Å²) in [6.45, 7) is 8.06. The van der Waals surface area contributed by atoms with E-state index in [1.165, 1.54) is 5.56 Å². The highest BCUT2D eigenvalue weighted by Crippen LogP contribution is 2.32. The molecule has 0 saturated carbocycles. The van der Waals surface area contributed by atoms with Crippen LogP contribution in [0.5, 0.6) is 11.5 Å². The Kier molecular flexibility index (Phi) is 7.55. The molecule has 6 nitrogen and oxygen atoms in total. The fraction of sp³-hybridized carbons (Fsp3) is 0.409. The molecule has 0 aromatic heterocycles. The highest BCUT2D eigenvalue weighted by atomic mass is 16.5. The minimum Gasteiger partial charge on any atom is -0.490 e. The lowest BCUT2D eigenvalue weighted by Crippen LogP contribution is -2.30. The van der Waals surface area contributed by atoms with Gasteiger partial charge in [-0.2, -0.15) is 0 Å². The minimum absolute atomic E-state index is 0.573. The largest absolute Gasteiger partial charge is 0.490 e. The standard InChI is InChI=1S/C22H29N3O3/c1-3-23-22(24-15-17-8-5-6-9-18(17)16-26-4-2)25-19-10-11-20-21(14-19)28-13-7-12-27-20/h5-6,8-11,14H,3-4,7,12-13,15-16H2,1-2H3,(H2,23,24,25). The van der Waals surface area contributed by atoms with E-state index < -0.39 is 0 Å². The van der Waals surface area contributed by atoms with Gasteiger partial charge >= 0.3 is 0 Å². The summed E-state index contributed by atoms with van der Waals surface area (Å²) in [5, 5.41) is 6.65. The molecule has 0 radical (unpaired) electrons. The van der Waals surface area contributed by atoms with Crippen molar-refractivity contribution in [2.75, 3.05) is 31.7 Å². The Bertz CT molecular complexity index is 792.